The van der Waals surface area contributed by atoms with Crippen LogP contribution in [0.25, 0.3) is 21.5 Å². The lowest BCUT2D eigenvalue weighted by atomic mass is 10.0. The van der Waals surface area contributed by atoms with Crippen molar-refractivity contribution >= 4 is 96.8 Å². The zero-order valence-electron chi connectivity index (χ0n) is 57.1. The van der Waals surface area contributed by atoms with Crippen molar-refractivity contribution in [3.63, 3.8) is 0 Å². The second-order valence-electron chi connectivity index (χ2n) is 21.7. The van der Waals surface area contributed by atoms with Gasteiger partial charge in [0.15, 0.2) is 52.0 Å². The van der Waals surface area contributed by atoms with Gasteiger partial charge >= 0.3 is 0 Å². The van der Waals surface area contributed by atoms with E-state index >= 15 is 0 Å². The van der Waals surface area contributed by atoms with Crippen molar-refractivity contribution in [1.29, 1.82) is 0 Å². The molecule has 0 amide bonds. The summed E-state index contributed by atoms with van der Waals surface area (Å²) in [6.45, 7) is 18.0. The van der Waals surface area contributed by atoms with E-state index in [9.17, 15) is 43.2 Å². The third-order valence-electron chi connectivity index (χ3n) is 13.8. The number of halogens is 2. The second kappa shape index (κ2) is 43.2. The summed E-state index contributed by atoms with van der Waals surface area (Å²) >= 11 is 11.2. The van der Waals surface area contributed by atoms with Gasteiger partial charge in [-0.25, -0.2) is 0 Å². The van der Waals surface area contributed by atoms with Crippen LogP contribution in [-0.2, 0) is 0 Å². The van der Waals surface area contributed by atoms with E-state index in [1.54, 1.807) is 147 Å². The van der Waals surface area contributed by atoms with Gasteiger partial charge in [0.1, 0.15) is 11.5 Å². The van der Waals surface area contributed by atoms with E-state index in [4.69, 9.17) is 32.7 Å². The topological polar surface area (TPSA) is 172 Å². The zero-order chi connectivity index (χ0) is 72.0. The van der Waals surface area contributed by atoms with E-state index in [0.29, 0.717) is 32.3 Å². The Hall–Kier alpha value is -10.9. The SMILES string of the molecule is CC(=O)c1ccc(C)cc1.CC(=O)c1ccc(Cl)cc1.CC(=O)c1ccc2ccccc2c1.CC(=O)c1cccc(C)c1.CC(=O)c1cccc(Cl)c1.CC(=O)c1cccc2ccccc12.CC(=O)c1ccccc1.COc1ccc(C(C)=O)cc1.COc1cccc(C(C)=O)c1. The first-order valence-corrected chi connectivity index (χ1v) is 31.4. The molecule has 0 saturated carbocycles. The molecular weight excluding hydrogens is 1260 g/mol. The molecule has 0 spiro atoms. The highest BCUT2D eigenvalue weighted by atomic mass is 35.5. The minimum absolute atomic E-state index is 0.0440. The van der Waals surface area contributed by atoms with Gasteiger partial charge in [-0.3, -0.25) is 43.2 Å². The van der Waals surface area contributed by atoms with E-state index in [1.165, 1.54) is 31.7 Å². The largest absolute Gasteiger partial charge is 0.497 e. The molecule has 0 saturated heterocycles. The first-order valence-electron chi connectivity index (χ1n) is 30.7. The number of aryl methyl sites for hydroxylation is 2. The molecular formula is C84H82Cl2O11. The first-order chi connectivity index (χ1) is 46.1. The summed E-state index contributed by atoms with van der Waals surface area (Å²) in [6, 6.07) is 79.8. The van der Waals surface area contributed by atoms with Crippen molar-refractivity contribution in [2.45, 2.75) is 76.2 Å². The fourth-order valence-corrected chi connectivity index (χ4v) is 8.64. The average molecular weight is 1340 g/mol. The summed E-state index contributed by atoms with van der Waals surface area (Å²) in [5, 5.41) is 5.72. The minimum atomic E-state index is 0.0440. The molecule has 0 bridgehead atoms. The second-order valence-corrected chi connectivity index (χ2v) is 22.5. The van der Waals surface area contributed by atoms with Crippen molar-refractivity contribution in [2.75, 3.05) is 14.2 Å². The first kappa shape index (κ1) is 80.4. The molecule has 0 heterocycles. The quantitative estimate of drug-likeness (QED) is 0.113. The Morgan fingerprint density at radius 3 is 1.05 bits per heavy atom. The van der Waals surface area contributed by atoms with E-state index in [1.807, 2.05) is 184 Å². The van der Waals surface area contributed by atoms with E-state index in [2.05, 4.69) is 0 Å². The molecule has 11 nitrogen and oxygen atoms in total. The maximum absolute atomic E-state index is 11.3. The number of fused-ring (bicyclic) bond motifs is 2. The van der Waals surface area contributed by atoms with Gasteiger partial charge in [0.05, 0.1) is 14.2 Å². The normalized spacial score (nSPS) is 9.56. The Labute approximate surface area is 580 Å². The van der Waals surface area contributed by atoms with Crippen LogP contribution in [0.5, 0.6) is 11.5 Å². The molecule has 0 aliphatic heterocycles. The Morgan fingerprint density at radius 2 is 0.608 bits per heavy atom. The van der Waals surface area contributed by atoms with Gasteiger partial charge in [0.25, 0.3) is 0 Å². The van der Waals surface area contributed by atoms with Gasteiger partial charge in [0, 0.05) is 60.1 Å². The number of hydrogen-bond acceptors (Lipinski definition) is 11. The number of methoxy groups -OCH3 is 2. The monoisotopic (exact) mass is 1340 g/mol. The van der Waals surface area contributed by atoms with Crippen molar-refractivity contribution < 1.29 is 52.6 Å². The summed E-state index contributed by atoms with van der Waals surface area (Å²) in [4.78, 5) is 97.7. The van der Waals surface area contributed by atoms with Crippen molar-refractivity contribution in [3.8, 4) is 11.5 Å². The van der Waals surface area contributed by atoms with Gasteiger partial charge < -0.3 is 9.47 Å². The van der Waals surface area contributed by atoms with Crippen LogP contribution in [0.15, 0.2) is 261 Å². The standard InChI is InChI=1S/2C12H10O.2C9H10O2.2C9H10O.2C8H7ClO.C8H8O/c1-9(13)11-8-4-6-10-5-2-3-7-12(10)11;1-9(13)11-7-6-10-4-2-3-5-12(10)8-11;1-7(10)8-3-5-9(11-2)6-4-8;1-7(10)8-4-3-5-9(6-8)11-2;1-7-3-5-9(6-4-7)8(2)10;1-7-4-3-5-9(6-7)8(2)10;1-6(10)7-2-4-8(9)5-3-7;1-6(10)7-3-2-4-8(9)5-7;1-7(9)8-5-3-2-4-6-8/h2*2-8H,1H3;2*3-6H,1-2H3;2*3-6H,1-2H3;2*2-5H,1H3;2-6H,1H3. The number of carbonyl (C=O) groups is 9. The van der Waals surface area contributed by atoms with Crippen LogP contribution in [-0.4, -0.2) is 66.3 Å². The number of ketones is 9. The molecule has 0 unspecified atom stereocenters. The molecule has 11 rings (SSSR count). The number of carbonyl (C=O) groups excluding carboxylic acids is 9. The Morgan fingerprint density at radius 1 is 0.247 bits per heavy atom. The van der Waals surface area contributed by atoms with Crippen LogP contribution >= 0.6 is 23.2 Å². The maximum atomic E-state index is 11.3. The predicted molar refractivity (Wildman–Crippen MR) is 396 cm³/mol. The van der Waals surface area contributed by atoms with Gasteiger partial charge in [-0.05, 0) is 183 Å². The molecule has 0 aliphatic carbocycles. The number of benzene rings is 11. The van der Waals surface area contributed by atoms with Crippen LogP contribution in [0.4, 0.5) is 0 Å². The Balaban J connectivity index is 0.000000285. The molecule has 0 aliphatic rings. The van der Waals surface area contributed by atoms with Gasteiger partial charge in [0.2, 0.25) is 0 Å². The van der Waals surface area contributed by atoms with Crippen molar-refractivity contribution in [1.82, 2.24) is 0 Å². The third-order valence-corrected chi connectivity index (χ3v) is 14.3. The maximum Gasteiger partial charge on any atom is 0.160 e. The molecule has 0 radical (unpaired) electrons. The lowest BCUT2D eigenvalue weighted by Crippen LogP contribution is -1.92. The molecule has 13 heteroatoms. The van der Waals surface area contributed by atoms with E-state index in [-0.39, 0.29) is 52.0 Å². The molecule has 0 aromatic heterocycles. The van der Waals surface area contributed by atoms with Gasteiger partial charge in [-0.15, -0.1) is 0 Å². The highest BCUT2D eigenvalue weighted by Gasteiger charge is 2.05. The average Bonchev–Trinajstić information content (AvgIpc) is 0.838. The predicted octanol–water partition coefficient (Wildman–Crippen LogP) is 21.3. The highest BCUT2D eigenvalue weighted by molar-refractivity contribution is 6.31. The number of Topliss-reactive ketones (excluding diaryl/α,β-unsaturated/α-hetero) is 9. The fourth-order valence-electron chi connectivity index (χ4n) is 8.33. The van der Waals surface area contributed by atoms with Crippen molar-refractivity contribution in [2.24, 2.45) is 0 Å². The Bertz CT molecular complexity index is 4260. The molecule has 11 aromatic carbocycles. The number of rotatable bonds is 11. The van der Waals surface area contributed by atoms with Crippen LogP contribution in [0.3, 0.4) is 0 Å². The molecule has 0 N–H and O–H groups in total. The van der Waals surface area contributed by atoms with Crippen LogP contribution in [0, 0.1) is 13.8 Å². The van der Waals surface area contributed by atoms with Crippen LogP contribution < -0.4 is 9.47 Å². The fraction of sp³-hybridized carbons (Fsp3) is 0.155. The van der Waals surface area contributed by atoms with Gasteiger partial charge in [-0.1, -0.05) is 210 Å². The lowest BCUT2D eigenvalue weighted by molar-refractivity contribution is 0.100. The summed E-state index contributed by atoms with van der Waals surface area (Å²) in [5.41, 5.74) is 9.00. The molecule has 0 atom stereocenters. The van der Waals surface area contributed by atoms with Crippen LogP contribution in [0.1, 0.15) is 167 Å². The smallest absolute Gasteiger partial charge is 0.160 e. The van der Waals surface area contributed by atoms with Crippen molar-refractivity contribution in [3.05, 3.63) is 332 Å². The number of hydrogen-bond donors (Lipinski definition) is 0. The molecule has 11 aromatic rings. The minimum Gasteiger partial charge on any atom is -0.497 e. The van der Waals surface area contributed by atoms with E-state index < -0.39 is 0 Å². The molecule has 97 heavy (non-hydrogen) atoms. The highest BCUT2D eigenvalue weighted by Crippen LogP contribution is 2.20. The Kier molecular flexibility index (Phi) is 35.8. The summed E-state index contributed by atoms with van der Waals surface area (Å²) < 4.78 is 9.89. The molecule has 0 fully saturated rings. The summed E-state index contributed by atoms with van der Waals surface area (Å²) in [5.74, 6) is 2.35. The lowest BCUT2D eigenvalue weighted by Gasteiger charge is -2.01. The van der Waals surface area contributed by atoms with Crippen LogP contribution in [0.2, 0.25) is 10.0 Å². The summed E-state index contributed by atoms with van der Waals surface area (Å²) in [7, 11) is 3.18. The zero-order valence-corrected chi connectivity index (χ0v) is 58.6. The van der Waals surface area contributed by atoms with Gasteiger partial charge in [-0.2, -0.15) is 0 Å². The van der Waals surface area contributed by atoms with E-state index in [0.717, 1.165) is 61.0 Å². The summed E-state index contributed by atoms with van der Waals surface area (Å²) in [6.07, 6.45) is 0. The third kappa shape index (κ3) is 30.8. The number of ether oxygens (including phenoxy) is 2. The molecule has 498 valence electrons.